The van der Waals surface area contributed by atoms with Gasteiger partial charge in [0.25, 0.3) is 5.91 Å². The molecule has 94 valence electrons. The van der Waals surface area contributed by atoms with Crippen molar-refractivity contribution in [1.82, 2.24) is 10.3 Å². The molecule has 0 spiro atoms. The Morgan fingerprint density at radius 2 is 2.06 bits per heavy atom. The molecule has 3 nitrogen and oxygen atoms in total. The van der Waals surface area contributed by atoms with E-state index < -0.39 is 0 Å². The van der Waals surface area contributed by atoms with E-state index in [1.807, 2.05) is 6.07 Å². The van der Waals surface area contributed by atoms with Gasteiger partial charge in [-0.05, 0) is 45.3 Å². The van der Waals surface area contributed by atoms with Crippen molar-refractivity contribution in [3.63, 3.8) is 0 Å². The van der Waals surface area contributed by atoms with Gasteiger partial charge in [-0.15, -0.1) is 0 Å². The minimum Gasteiger partial charge on any atom is -0.351 e. The maximum Gasteiger partial charge on any atom is 0.269 e. The minimum absolute atomic E-state index is 0.0913. The van der Waals surface area contributed by atoms with Crippen molar-refractivity contribution in [2.24, 2.45) is 0 Å². The number of nitrogens with zero attached hydrogens (tertiary/aromatic N) is 1. The molecule has 0 aromatic carbocycles. The summed E-state index contributed by atoms with van der Waals surface area (Å²) in [5.41, 5.74) is 0.473. The molecule has 0 atom stereocenters. The SMILES string of the molecule is O=C(NCCCCCCI)c1ccc(Br)cn1. The molecule has 1 amide bonds. The predicted octanol–water partition coefficient (Wildman–Crippen LogP) is 3.57. The molecule has 1 rings (SSSR count). The summed E-state index contributed by atoms with van der Waals surface area (Å²) in [5, 5.41) is 2.88. The number of carbonyl (C=O) groups is 1. The van der Waals surface area contributed by atoms with E-state index in [4.69, 9.17) is 0 Å². The molecule has 0 aliphatic rings. The summed E-state index contributed by atoms with van der Waals surface area (Å²) in [6.07, 6.45) is 6.36. The fourth-order valence-corrected chi connectivity index (χ4v) is 2.15. The summed E-state index contributed by atoms with van der Waals surface area (Å²) < 4.78 is 2.10. The van der Waals surface area contributed by atoms with Crippen molar-refractivity contribution in [1.29, 1.82) is 0 Å². The molecule has 0 fully saturated rings. The second-order valence-electron chi connectivity index (χ2n) is 3.72. The zero-order chi connectivity index (χ0) is 12.5. The van der Waals surface area contributed by atoms with Crippen molar-refractivity contribution in [3.8, 4) is 0 Å². The number of halogens is 2. The van der Waals surface area contributed by atoms with Crippen LogP contribution in [-0.2, 0) is 0 Å². The van der Waals surface area contributed by atoms with Gasteiger partial charge in [0.05, 0.1) is 0 Å². The Balaban J connectivity index is 2.19. The average Bonchev–Trinajstić information content (AvgIpc) is 2.34. The van der Waals surface area contributed by atoms with E-state index in [0.717, 1.165) is 17.4 Å². The lowest BCUT2D eigenvalue weighted by Crippen LogP contribution is -2.25. The van der Waals surface area contributed by atoms with Gasteiger partial charge >= 0.3 is 0 Å². The first-order chi connectivity index (χ1) is 8.24. The van der Waals surface area contributed by atoms with Crippen LogP contribution in [0.15, 0.2) is 22.8 Å². The second kappa shape index (κ2) is 8.85. The molecule has 1 aromatic rings. The first-order valence-electron chi connectivity index (χ1n) is 5.70. The summed E-state index contributed by atoms with van der Waals surface area (Å²) in [5.74, 6) is -0.0913. The van der Waals surface area contributed by atoms with Gasteiger partial charge in [0.1, 0.15) is 5.69 Å². The van der Waals surface area contributed by atoms with E-state index in [1.165, 1.54) is 23.7 Å². The summed E-state index contributed by atoms with van der Waals surface area (Å²) in [4.78, 5) is 15.7. The molecule has 0 radical (unpaired) electrons. The Hall–Kier alpha value is -0.170. The van der Waals surface area contributed by atoms with Gasteiger partial charge < -0.3 is 5.32 Å². The number of alkyl halides is 1. The quantitative estimate of drug-likeness (QED) is 0.424. The van der Waals surface area contributed by atoms with Crippen molar-refractivity contribution < 1.29 is 4.79 Å². The van der Waals surface area contributed by atoms with Crippen molar-refractivity contribution in [2.75, 3.05) is 11.0 Å². The number of rotatable bonds is 7. The van der Waals surface area contributed by atoms with E-state index >= 15 is 0 Å². The van der Waals surface area contributed by atoms with Gasteiger partial charge in [-0.1, -0.05) is 35.4 Å². The van der Waals surface area contributed by atoms with Gasteiger partial charge in [0.2, 0.25) is 0 Å². The van der Waals surface area contributed by atoms with E-state index in [2.05, 4.69) is 48.8 Å². The molecule has 0 aliphatic carbocycles. The zero-order valence-corrected chi connectivity index (χ0v) is 13.3. The number of hydrogen-bond donors (Lipinski definition) is 1. The number of amides is 1. The standard InChI is InChI=1S/C12H16BrIN2O/c13-10-5-6-11(16-9-10)12(17)15-8-4-2-1-3-7-14/h5-6,9H,1-4,7-8H2,(H,15,17). The maximum absolute atomic E-state index is 11.7. The Labute approximate surface area is 124 Å². The number of pyridine rings is 1. The highest BCUT2D eigenvalue weighted by atomic mass is 127. The second-order valence-corrected chi connectivity index (χ2v) is 5.72. The van der Waals surface area contributed by atoms with Crippen LogP contribution in [0.5, 0.6) is 0 Å². The molecule has 0 bridgehead atoms. The molecule has 17 heavy (non-hydrogen) atoms. The fourth-order valence-electron chi connectivity index (χ4n) is 1.38. The Morgan fingerprint density at radius 3 is 2.71 bits per heavy atom. The molecule has 0 saturated carbocycles. The summed E-state index contributed by atoms with van der Waals surface area (Å²) in [6.45, 7) is 0.734. The van der Waals surface area contributed by atoms with Gasteiger partial charge in [0, 0.05) is 17.2 Å². The summed E-state index contributed by atoms with van der Waals surface area (Å²) >= 11 is 5.68. The third-order valence-electron chi connectivity index (χ3n) is 2.31. The topological polar surface area (TPSA) is 42.0 Å². The van der Waals surface area contributed by atoms with Crippen molar-refractivity contribution in [3.05, 3.63) is 28.5 Å². The normalized spacial score (nSPS) is 10.2. The third-order valence-corrected chi connectivity index (χ3v) is 3.54. The molecule has 1 N–H and O–H groups in total. The van der Waals surface area contributed by atoms with Crippen LogP contribution >= 0.6 is 38.5 Å². The molecule has 1 heterocycles. The van der Waals surface area contributed by atoms with Crippen LogP contribution in [0.4, 0.5) is 0 Å². The number of unbranched alkanes of at least 4 members (excludes halogenated alkanes) is 3. The van der Waals surface area contributed by atoms with E-state index in [1.54, 1.807) is 12.3 Å². The fraction of sp³-hybridized carbons (Fsp3) is 0.500. The molecular formula is C12H16BrIN2O. The molecular weight excluding hydrogens is 395 g/mol. The van der Waals surface area contributed by atoms with Crippen LogP contribution in [0.1, 0.15) is 36.2 Å². The lowest BCUT2D eigenvalue weighted by Gasteiger charge is -2.04. The first-order valence-corrected chi connectivity index (χ1v) is 8.01. The predicted molar refractivity (Wildman–Crippen MR) is 81.6 cm³/mol. The van der Waals surface area contributed by atoms with Crippen molar-refractivity contribution >= 4 is 44.4 Å². The van der Waals surface area contributed by atoms with Gasteiger partial charge in [-0.3, -0.25) is 4.79 Å². The molecule has 0 saturated heterocycles. The molecule has 5 heteroatoms. The number of nitrogens with one attached hydrogen (secondary N) is 1. The van der Waals surface area contributed by atoms with Crippen molar-refractivity contribution in [2.45, 2.75) is 25.7 Å². The van der Waals surface area contributed by atoms with Gasteiger partial charge in [-0.2, -0.15) is 0 Å². The maximum atomic E-state index is 11.7. The molecule has 1 aromatic heterocycles. The highest BCUT2D eigenvalue weighted by Crippen LogP contribution is 2.07. The van der Waals surface area contributed by atoms with Crippen LogP contribution in [0.2, 0.25) is 0 Å². The lowest BCUT2D eigenvalue weighted by molar-refractivity contribution is 0.0948. The molecule has 0 aliphatic heterocycles. The minimum atomic E-state index is -0.0913. The summed E-state index contributed by atoms with van der Waals surface area (Å²) in [6, 6.07) is 3.54. The smallest absolute Gasteiger partial charge is 0.269 e. The monoisotopic (exact) mass is 410 g/mol. The highest BCUT2D eigenvalue weighted by molar-refractivity contribution is 14.1. The van der Waals surface area contributed by atoms with Crippen LogP contribution in [0.3, 0.4) is 0 Å². The number of aromatic nitrogens is 1. The van der Waals surface area contributed by atoms with Gasteiger partial charge in [-0.25, -0.2) is 4.98 Å². The third kappa shape index (κ3) is 6.35. The Kier molecular flexibility index (Phi) is 7.75. The van der Waals surface area contributed by atoms with Crippen LogP contribution in [0.25, 0.3) is 0 Å². The number of carbonyl (C=O) groups excluding carboxylic acids is 1. The van der Waals surface area contributed by atoms with E-state index in [9.17, 15) is 4.79 Å². The lowest BCUT2D eigenvalue weighted by atomic mass is 10.2. The first kappa shape index (κ1) is 14.9. The van der Waals surface area contributed by atoms with E-state index in [0.29, 0.717) is 5.69 Å². The van der Waals surface area contributed by atoms with Crippen LogP contribution in [0, 0.1) is 0 Å². The Bertz CT molecular complexity index is 343. The summed E-state index contributed by atoms with van der Waals surface area (Å²) in [7, 11) is 0. The van der Waals surface area contributed by atoms with Gasteiger partial charge in [0.15, 0.2) is 0 Å². The highest BCUT2D eigenvalue weighted by Gasteiger charge is 2.05. The largest absolute Gasteiger partial charge is 0.351 e. The van der Waals surface area contributed by atoms with E-state index in [-0.39, 0.29) is 5.91 Å². The average molecular weight is 411 g/mol. The Morgan fingerprint density at radius 1 is 1.29 bits per heavy atom. The van der Waals surface area contributed by atoms with Crippen LogP contribution in [-0.4, -0.2) is 21.9 Å². The zero-order valence-electron chi connectivity index (χ0n) is 9.59. The number of hydrogen-bond acceptors (Lipinski definition) is 2. The molecule has 0 unspecified atom stereocenters. The van der Waals surface area contributed by atoms with Crippen LogP contribution < -0.4 is 5.32 Å².